The van der Waals surface area contributed by atoms with Crippen molar-refractivity contribution < 1.29 is 9.53 Å². The number of aryl methyl sites for hydroxylation is 1. The van der Waals surface area contributed by atoms with Crippen LogP contribution in [0.2, 0.25) is 5.02 Å². The lowest BCUT2D eigenvalue weighted by Gasteiger charge is -2.43. The molecule has 4 heteroatoms. The molecule has 1 aromatic rings. The van der Waals surface area contributed by atoms with E-state index < -0.39 is 0 Å². The molecule has 1 aromatic carbocycles. The molecule has 2 aliphatic rings. The zero-order valence-electron chi connectivity index (χ0n) is 12.3. The predicted octanol–water partition coefficient (Wildman–Crippen LogP) is 3.44. The average Bonchev–Trinajstić information content (AvgIpc) is 2.52. The summed E-state index contributed by atoms with van der Waals surface area (Å²) in [7, 11) is 0. The van der Waals surface area contributed by atoms with E-state index in [-0.39, 0.29) is 12.0 Å². The van der Waals surface area contributed by atoms with Gasteiger partial charge in [0.25, 0.3) is 0 Å². The summed E-state index contributed by atoms with van der Waals surface area (Å²) in [5.41, 5.74) is 1.13. The summed E-state index contributed by atoms with van der Waals surface area (Å²) in [6.45, 7) is 1.43. The standard InChI is InChI=1S/C17H22ClNO2/c18-14-5-3-4-13(12-14)8-9-17(20)19-10-11-21-16-7-2-1-6-15(16)19/h3-5,12,15-16H,1-2,6-11H2. The number of halogens is 1. The molecule has 0 radical (unpaired) electrons. The van der Waals surface area contributed by atoms with Gasteiger partial charge in [0.2, 0.25) is 5.91 Å². The van der Waals surface area contributed by atoms with E-state index in [0.29, 0.717) is 19.1 Å². The Labute approximate surface area is 131 Å². The smallest absolute Gasteiger partial charge is 0.223 e. The largest absolute Gasteiger partial charge is 0.374 e. The molecule has 1 saturated carbocycles. The van der Waals surface area contributed by atoms with E-state index in [9.17, 15) is 4.79 Å². The van der Waals surface area contributed by atoms with Crippen LogP contribution in [0.5, 0.6) is 0 Å². The summed E-state index contributed by atoms with van der Waals surface area (Å²) in [6, 6.07) is 8.08. The molecule has 0 spiro atoms. The minimum Gasteiger partial charge on any atom is -0.374 e. The van der Waals surface area contributed by atoms with Crippen molar-refractivity contribution in [1.29, 1.82) is 0 Å². The van der Waals surface area contributed by atoms with Gasteiger partial charge in [0, 0.05) is 18.0 Å². The first-order chi connectivity index (χ1) is 10.2. The maximum absolute atomic E-state index is 12.5. The number of amides is 1. The van der Waals surface area contributed by atoms with Crippen molar-refractivity contribution in [3.8, 4) is 0 Å². The normalized spacial score (nSPS) is 25.5. The van der Waals surface area contributed by atoms with Gasteiger partial charge in [-0.2, -0.15) is 0 Å². The number of rotatable bonds is 3. The van der Waals surface area contributed by atoms with E-state index >= 15 is 0 Å². The van der Waals surface area contributed by atoms with Crippen molar-refractivity contribution in [1.82, 2.24) is 4.90 Å². The number of ether oxygens (including phenoxy) is 1. The van der Waals surface area contributed by atoms with Gasteiger partial charge in [-0.15, -0.1) is 0 Å². The highest BCUT2D eigenvalue weighted by Crippen LogP contribution is 2.29. The Bertz CT molecular complexity index is 503. The van der Waals surface area contributed by atoms with Crippen LogP contribution in [0.3, 0.4) is 0 Å². The molecule has 1 heterocycles. The first-order valence-electron chi connectivity index (χ1n) is 7.89. The summed E-state index contributed by atoms with van der Waals surface area (Å²) >= 11 is 5.99. The molecular weight excluding hydrogens is 286 g/mol. The Kier molecular flexibility index (Phi) is 4.81. The molecule has 3 rings (SSSR count). The van der Waals surface area contributed by atoms with Gasteiger partial charge in [0.05, 0.1) is 18.8 Å². The Morgan fingerprint density at radius 3 is 3.05 bits per heavy atom. The molecule has 1 amide bonds. The van der Waals surface area contributed by atoms with Crippen LogP contribution in [-0.2, 0) is 16.0 Å². The quantitative estimate of drug-likeness (QED) is 0.856. The first-order valence-corrected chi connectivity index (χ1v) is 8.27. The highest BCUT2D eigenvalue weighted by molar-refractivity contribution is 6.30. The summed E-state index contributed by atoms with van der Waals surface area (Å²) in [4.78, 5) is 14.6. The van der Waals surface area contributed by atoms with Gasteiger partial charge in [0.1, 0.15) is 0 Å². The maximum Gasteiger partial charge on any atom is 0.223 e. The van der Waals surface area contributed by atoms with E-state index in [2.05, 4.69) is 4.90 Å². The number of fused-ring (bicyclic) bond motifs is 1. The monoisotopic (exact) mass is 307 g/mol. The zero-order chi connectivity index (χ0) is 14.7. The van der Waals surface area contributed by atoms with Crippen LogP contribution in [0.4, 0.5) is 0 Å². The molecule has 0 aromatic heterocycles. The second-order valence-corrected chi connectivity index (χ2v) is 6.41. The maximum atomic E-state index is 12.5. The molecule has 2 unspecified atom stereocenters. The van der Waals surface area contributed by atoms with Gasteiger partial charge in [0.15, 0.2) is 0 Å². The molecule has 1 aliphatic carbocycles. The first kappa shape index (κ1) is 14.9. The third-order valence-electron chi connectivity index (χ3n) is 4.57. The van der Waals surface area contributed by atoms with Crippen LogP contribution in [0.15, 0.2) is 24.3 Å². The average molecular weight is 308 g/mol. The lowest BCUT2D eigenvalue weighted by molar-refractivity contribution is -0.149. The number of morpholine rings is 1. The number of carbonyl (C=O) groups is 1. The molecule has 2 fully saturated rings. The van der Waals surface area contributed by atoms with Gasteiger partial charge in [-0.25, -0.2) is 0 Å². The second-order valence-electron chi connectivity index (χ2n) is 5.98. The van der Waals surface area contributed by atoms with E-state index in [0.717, 1.165) is 36.4 Å². The van der Waals surface area contributed by atoms with Crippen molar-refractivity contribution in [2.24, 2.45) is 0 Å². The van der Waals surface area contributed by atoms with Gasteiger partial charge in [-0.1, -0.05) is 36.6 Å². The molecular formula is C17H22ClNO2. The van der Waals surface area contributed by atoms with Crippen LogP contribution in [0.1, 0.15) is 37.7 Å². The van der Waals surface area contributed by atoms with Crippen molar-refractivity contribution in [2.75, 3.05) is 13.2 Å². The highest BCUT2D eigenvalue weighted by atomic mass is 35.5. The number of nitrogens with zero attached hydrogens (tertiary/aromatic N) is 1. The van der Waals surface area contributed by atoms with Gasteiger partial charge < -0.3 is 9.64 Å². The molecule has 114 valence electrons. The third-order valence-corrected chi connectivity index (χ3v) is 4.80. The van der Waals surface area contributed by atoms with Crippen LogP contribution >= 0.6 is 11.6 Å². The molecule has 2 atom stereocenters. The molecule has 3 nitrogen and oxygen atoms in total. The summed E-state index contributed by atoms with van der Waals surface area (Å²) in [5.74, 6) is 0.259. The van der Waals surface area contributed by atoms with Crippen molar-refractivity contribution in [3.05, 3.63) is 34.9 Å². The lowest BCUT2D eigenvalue weighted by Crippen LogP contribution is -2.54. The van der Waals surface area contributed by atoms with Crippen LogP contribution < -0.4 is 0 Å². The Balaban J connectivity index is 1.59. The van der Waals surface area contributed by atoms with E-state index in [1.807, 2.05) is 24.3 Å². The van der Waals surface area contributed by atoms with Gasteiger partial charge in [-0.05, 0) is 37.0 Å². The fraction of sp³-hybridized carbons (Fsp3) is 0.588. The van der Waals surface area contributed by atoms with Crippen LogP contribution in [0, 0.1) is 0 Å². The van der Waals surface area contributed by atoms with Crippen LogP contribution in [-0.4, -0.2) is 36.1 Å². The Morgan fingerprint density at radius 1 is 1.33 bits per heavy atom. The SMILES string of the molecule is O=C(CCc1cccc(Cl)c1)N1CCOC2CCCCC21. The van der Waals surface area contributed by atoms with Crippen molar-refractivity contribution >= 4 is 17.5 Å². The molecule has 21 heavy (non-hydrogen) atoms. The minimum atomic E-state index is 0.259. The summed E-state index contributed by atoms with van der Waals surface area (Å²) < 4.78 is 5.83. The second kappa shape index (κ2) is 6.80. The molecule has 0 N–H and O–H groups in total. The van der Waals surface area contributed by atoms with E-state index in [1.165, 1.54) is 12.8 Å². The number of hydrogen-bond donors (Lipinski definition) is 0. The highest BCUT2D eigenvalue weighted by Gasteiger charge is 2.36. The lowest BCUT2D eigenvalue weighted by atomic mass is 9.90. The fourth-order valence-electron chi connectivity index (χ4n) is 3.49. The Morgan fingerprint density at radius 2 is 2.19 bits per heavy atom. The van der Waals surface area contributed by atoms with Crippen LogP contribution in [0.25, 0.3) is 0 Å². The van der Waals surface area contributed by atoms with E-state index in [1.54, 1.807) is 0 Å². The minimum absolute atomic E-state index is 0.259. The summed E-state index contributed by atoms with van der Waals surface area (Å²) in [5, 5.41) is 0.735. The molecule has 0 bridgehead atoms. The zero-order valence-corrected chi connectivity index (χ0v) is 13.0. The predicted molar refractivity (Wildman–Crippen MR) is 83.5 cm³/mol. The molecule has 1 aliphatic heterocycles. The van der Waals surface area contributed by atoms with Gasteiger partial charge in [-0.3, -0.25) is 4.79 Å². The van der Waals surface area contributed by atoms with Crippen molar-refractivity contribution in [2.45, 2.75) is 50.7 Å². The van der Waals surface area contributed by atoms with E-state index in [4.69, 9.17) is 16.3 Å². The molecule has 1 saturated heterocycles. The third kappa shape index (κ3) is 3.58. The number of hydrogen-bond acceptors (Lipinski definition) is 2. The fourth-order valence-corrected chi connectivity index (χ4v) is 3.71. The number of benzene rings is 1. The number of carbonyl (C=O) groups excluding carboxylic acids is 1. The topological polar surface area (TPSA) is 29.5 Å². The Hall–Kier alpha value is -1.06. The van der Waals surface area contributed by atoms with Crippen molar-refractivity contribution in [3.63, 3.8) is 0 Å². The summed E-state index contributed by atoms with van der Waals surface area (Å²) in [6.07, 6.45) is 6.21. The van der Waals surface area contributed by atoms with Gasteiger partial charge >= 0.3 is 0 Å².